The van der Waals surface area contributed by atoms with Crippen LogP contribution in [0.15, 0.2) is 25.3 Å². The molecule has 0 aliphatic heterocycles. The van der Waals surface area contributed by atoms with Gasteiger partial charge in [-0.25, -0.2) is 4.59 Å². The molecule has 0 saturated heterocycles. The SMILES string of the molecule is C=CCC(CC=C)N(CCC)[N+](C)(C)CCCCCCCCCCCC. The van der Waals surface area contributed by atoms with Crippen molar-refractivity contribution in [2.24, 2.45) is 0 Å². The second-order valence-corrected chi connectivity index (χ2v) is 8.39. The Morgan fingerprint density at radius 1 is 0.731 bits per heavy atom. The first-order chi connectivity index (χ1) is 12.5. The van der Waals surface area contributed by atoms with E-state index >= 15 is 0 Å². The molecule has 0 aromatic heterocycles. The van der Waals surface area contributed by atoms with Crippen LogP contribution in [0.3, 0.4) is 0 Å². The second kappa shape index (κ2) is 16.6. The Bertz CT molecular complexity index is 325. The Labute approximate surface area is 165 Å². The standard InChI is InChI=1S/C24H49N2/c1-7-11-12-13-14-15-16-17-18-19-23-26(5,6)25(22-10-4)24(20-8-2)21-9-3/h8-9,24H,2-3,7,10-23H2,1,4-6H3/q+1. The lowest BCUT2D eigenvalue weighted by atomic mass is 10.1. The third kappa shape index (κ3) is 11.9. The Kier molecular flexibility index (Phi) is 16.2. The molecule has 0 unspecified atom stereocenters. The summed E-state index contributed by atoms with van der Waals surface area (Å²) in [6.45, 7) is 14.9. The van der Waals surface area contributed by atoms with Gasteiger partial charge in [0, 0.05) is 6.54 Å². The van der Waals surface area contributed by atoms with Gasteiger partial charge >= 0.3 is 0 Å². The van der Waals surface area contributed by atoms with E-state index in [1.165, 1.54) is 77.2 Å². The largest absolute Gasteiger partial charge is 0.248 e. The molecule has 2 heteroatoms. The number of quaternary nitrogens is 1. The maximum atomic E-state index is 3.97. The molecule has 26 heavy (non-hydrogen) atoms. The van der Waals surface area contributed by atoms with Crippen molar-refractivity contribution in [1.82, 2.24) is 5.01 Å². The predicted octanol–water partition coefficient (Wildman–Crippen LogP) is 7.13. The molecule has 0 aromatic rings. The summed E-state index contributed by atoms with van der Waals surface area (Å²) in [5.74, 6) is 0. The first kappa shape index (κ1) is 25.4. The summed E-state index contributed by atoms with van der Waals surface area (Å²) in [7, 11) is 4.76. The highest BCUT2D eigenvalue weighted by Crippen LogP contribution is 2.20. The van der Waals surface area contributed by atoms with Gasteiger partial charge in [-0.1, -0.05) is 77.4 Å². The maximum Gasteiger partial charge on any atom is 0.0959 e. The van der Waals surface area contributed by atoms with Gasteiger partial charge in [-0.15, -0.1) is 13.2 Å². The minimum Gasteiger partial charge on any atom is -0.248 e. The zero-order valence-corrected chi connectivity index (χ0v) is 18.6. The van der Waals surface area contributed by atoms with Crippen LogP contribution in [0.25, 0.3) is 0 Å². The highest BCUT2D eigenvalue weighted by atomic mass is 15.7. The molecule has 154 valence electrons. The van der Waals surface area contributed by atoms with Crippen LogP contribution in [-0.2, 0) is 0 Å². The van der Waals surface area contributed by atoms with Gasteiger partial charge in [-0.3, -0.25) is 0 Å². The maximum absolute atomic E-state index is 3.97. The molecule has 0 rings (SSSR count). The van der Waals surface area contributed by atoms with Crippen LogP contribution < -0.4 is 0 Å². The summed E-state index contributed by atoms with van der Waals surface area (Å²) in [5.41, 5.74) is 0. The van der Waals surface area contributed by atoms with Crippen molar-refractivity contribution >= 4 is 0 Å². The van der Waals surface area contributed by atoms with E-state index in [2.05, 4.69) is 58.3 Å². The van der Waals surface area contributed by atoms with Gasteiger partial charge in [-0.05, 0) is 32.1 Å². The number of unbranched alkanes of at least 4 members (excludes halogenated alkanes) is 9. The topological polar surface area (TPSA) is 3.24 Å². The van der Waals surface area contributed by atoms with Crippen molar-refractivity contribution in [3.8, 4) is 0 Å². The average molecular weight is 366 g/mol. The molecule has 0 aliphatic carbocycles. The molecule has 0 amide bonds. The summed E-state index contributed by atoms with van der Waals surface area (Å²) in [4.78, 5) is 0. The third-order valence-corrected chi connectivity index (χ3v) is 5.51. The van der Waals surface area contributed by atoms with Crippen LogP contribution in [0.2, 0.25) is 0 Å². The van der Waals surface area contributed by atoms with Crippen molar-refractivity contribution in [1.29, 1.82) is 0 Å². The Morgan fingerprint density at radius 3 is 1.62 bits per heavy atom. The monoisotopic (exact) mass is 365 g/mol. The first-order valence-electron chi connectivity index (χ1n) is 11.3. The van der Waals surface area contributed by atoms with Crippen molar-refractivity contribution in [3.05, 3.63) is 25.3 Å². The highest BCUT2D eigenvalue weighted by molar-refractivity contribution is 4.83. The van der Waals surface area contributed by atoms with Crippen LogP contribution in [0, 0.1) is 0 Å². The van der Waals surface area contributed by atoms with Crippen LogP contribution in [0.1, 0.15) is 97.3 Å². The highest BCUT2D eigenvalue weighted by Gasteiger charge is 2.30. The van der Waals surface area contributed by atoms with E-state index in [-0.39, 0.29) is 0 Å². The van der Waals surface area contributed by atoms with Gasteiger partial charge in [0.05, 0.1) is 26.7 Å². The third-order valence-electron chi connectivity index (χ3n) is 5.51. The number of hydrogen-bond acceptors (Lipinski definition) is 1. The minimum absolute atomic E-state index is 0.531. The quantitative estimate of drug-likeness (QED) is 0.102. The molecule has 0 bridgehead atoms. The average Bonchev–Trinajstić information content (AvgIpc) is 2.61. The van der Waals surface area contributed by atoms with E-state index in [0.29, 0.717) is 6.04 Å². The predicted molar refractivity (Wildman–Crippen MR) is 119 cm³/mol. The van der Waals surface area contributed by atoms with E-state index in [0.717, 1.165) is 24.0 Å². The lowest BCUT2D eigenvalue weighted by Crippen LogP contribution is -2.59. The molecule has 0 fully saturated rings. The van der Waals surface area contributed by atoms with E-state index in [4.69, 9.17) is 0 Å². The normalized spacial score (nSPS) is 12.1. The van der Waals surface area contributed by atoms with Gasteiger partial charge in [0.2, 0.25) is 0 Å². The minimum atomic E-state index is 0.531. The first-order valence-corrected chi connectivity index (χ1v) is 11.3. The Morgan fingerprint density at radius 2 is 1.19 bits per heavy atom. The molecule has 2 nitrogen and oxygen atoms in total. The fourth-order valence-corrected chi connectivity index (χ4v) is 3.96. The smallest absolute Gasteiger partial charge is 0.0959 e. The van der Waals surface area contributed by atoms with Crippen molar-refractivity contribution in [2.75, 3.05) is 27.2 Å². The van der Waals surface area contributed by atoms with Gasteiger partial charge in [0.1, 0.15) is 0 Å². The summed E-state index contributed by atoms with van der Waals surface area (Å²) in [6, 6.07) is 0.531. The van der Waals surface area contributed by atoms with Gasteiger partial charge in [-0.2, -0.15) is 5.01 Å². The number of hydrogen-bond donors (Lipinski definition) is 0. The fraction of sp³-hybridized carbons (Fsp3) is 0.833. The Balaban J connectivity index is 4.16. The fourth-order valence-electron chi connectivity index (χ4n) is 3.96. The zero-order chi connectivity index (χ0) is 19.7. The van der Waals surface area contributed by atoms with E-state index in [9.17, 15) is 0 Å². The summed E-state index contributed by atoms with van der Waals surface area (Å²) < 4.78 is 0.997. The molecule has 0 radical (unpaired) electrons. The lowest BCUT2D eigenvalue weighted by Gasteiger charge is -2.44. The molecule has 0 spiro atoms. The summed E-state index contributed by atoms with van der Waals surface area (Å²) >= 11 is 0. The zero-order valence-electron chi connectivity index (χ0n) is 18.6. The van der Waals surface area contributed by atoms with Crippen molar-refractivity contribution in [2.45, 2.75) is 103 Å². The molecule has 0 aromatic carbocycles. The van der Waals surface area contributed by atoms with Gasteiger partial charge in [0.25, 0.3) is 0 Å². The molecule has 0 atom stereocenters. The van der Waals surface area contributed by atoms with E-state index < -0.39 is 0 Å². The summed E-state index contributed by atoms with van der Waals surface area (Å²) in [6.07, 6.45) is 21.5. The number of rotatable bonds is 19. The van der Waals surface area contributed by atoms with Crippen LogP contribution in [0.4, 0.5) is 0 Å². The van der Waals surface area contributed by atoms with E-state index in [1.54, 1.807) is 0 Å². The van der Waals surface area contributed by atoms with Crippen molar-refractivity contribution < 1.29 is 4.59 Å². The molecule has 0 aliphatic rings. The molecular formula is C24H49N2+. The Hall–Kier alpha value is -0.600. The van der Waals surface area contributed by atoms with Crippen LogP contribution >= 0.6 is 0 Å². The van der Waals surface area contributed by atoms with Gasteiger partial charge in [0.15, 0.2) is 0 Å². The summed E-state index contributed by atoms with van der Waals surface area (Å²) in [5, 5.41) is 2.66. The van der Waals surface area contributed by atoms with Gasteiger partial charge < -0.3 is 0 Å². The lowest BCUT2D eigenvalue weighted by molar-refractivity contribution is -1.01. The van der Waals surface area contributed by atoms with Crippen molar-refractivity contribution in [3.63, 3.8) is 0 Å². The molecule has 0 heterocycles. The molecular weight excluding hydrogens is 316 g/mol. The van der Waals surface area contributed by atoms with E-state index in [1.807, 2.05) is 0 Å². The molecule has 0 N–H and O–H groups in total. The molecule has 0 saturated carbocycles. The van der Waals surface area contributed by atoms with Crippen LogP contribution in [-0.4, -0.2) is 42.8 Å². The second-order valence-electron chi connectivity index (χ2n) is 8.39. The number of nitrogens with zero attached hydrogens (tertiary/aromatic N) is 2. The van der Waals surface area contributed by atoms with Crippen LogP contribution in [0.5, 0.6) is 0 Å².